The van der Waals surface area contributed by atoms with Crippen LogP contribution in [0.2, 0.25) is 0 Å². The van der Waals surface area contributed by atoms with Crippen molar-refractivity contribution < 1.29 is 17.8 Å². The molecule has 0 unspecified atom stereocenters. The average molecular weight is 468 g/mol. The molecular weight excluding hydrogens is 442 g/mol. The Morgan fingerprint density at radius 3 is 2.46 bits per heavy atom. The van der Waals surface area contributed by atoms with Gasteiger partial charge >= 0.3 is 0 Å². The minimum atomic E-state index is -0.416. The van der Waals surface area contributed by atoms with Crippen LogP contribution in [0.5, 0.6) is 0 Å². The summed E-state index contributed by atoms with van der Waals surface area (Å²) >= 11 is 0. The minimum Gasteiger partial charge on any atom is -0.455 e. The summed E-state index contributed by atoms with van der Waals surface area (Å²) in [6, 6.07) is 22.4. The lowest BCUT2D eigenvalue weighted by Crippen LogP contribution is -2.30. The molecule has 4 aromatic carbocycles. The van der Waals surface area contributed by atoms with Crippen molar-refractivity contribution in [1.82, 2.24) is 4.57 Å². The van der Waals surface area contributed by atoms with Crippen LogP contribution in [0, 0.1) is 18.6 Å². The Bertz CT molecular complexity index is 1780. The first-order valence-electron chi connectivity index (χ1n) is 11.8. The summed E-state index contributed by atoms with van der Waals surface area (Å²) in [4.78, 5) is 0. The number of rotatable bonds is 3. The first-order valence-corrected chi connectivity index (χ1v) is 11.8. The van der Waals surface area contributed by atoms with Gasteiger partial charge in [0.2, 0.25) is 0 Å². The number of hydrogen-bond acceptors (Lipinski definition) is 1. The van der Waals surface area contributed by atoms with Gasteiger partial charge in [-0.2, -0.15) is 4.57 Å². The Morgan fingerprint density at radius 1 is 0.914 bits per heavy atom. The van der Waals surface area contributed by atoms with Crippen LogP contribution in [0.15, 0.2) is 77.2 Å². The van der Waals surface area contributed by atoms with Crippen molar-refractivity contribution in [3.05, 3.63) is 95.6 Å². The van der Waals surface area contributed by atoms with E-state index in [-0.39, 0.29) is 5.82 Å². The van der Waals surface area contributed by atoms with Crippen LogP contribution in [0.4, 0.5) is 8.78 Å². The van der Waals surface area contributed by atoms with Gasteiger partial charge in [0, 0.05) is 17.0 Å². The maximum absolute atomic E-state index is 15.3. The van der Waals surface area contributed by atoms with E-state index in [1.807, 2.05) is 32.2 Å². The van der Waals surface area contributed by atoms with Crippen molar-refractivity contribution in [3.8, 4) is 17.1 Å². The van der Waals surface area contributed by atoms with Crippen molar-refractivity contribution in [2.45, 2.75) is 26.7 Å². The fourth-order valence-corrected chi connectivity index (χ4v) is 5.29. The van der Waals surface area contributed by atoms with Gasteiger partial charge in [-0.1, -0.05) is 44.2 Å². The predicted octanol–water partition coefficient (Wildman–Crippen LogP) is 7.73. The Morgan fingerprint density at radius 2 is 1.66 bits per heavy atom. The Balaban J connectivity index is 1.82. The van der Waals surface area contributed by atoms with Crippen LogP contribution in [-0.4, -0.2) is 4.57 Å². The molecule has 0 spiro atoms. The largest absolute Gasteiger partial charge is 0.455 e. The molecule has 3 nitrogen and oxygen atoms in total. The average Bonchev–Trinajstić information content (AvgIpc) is 3.35. The van der Waals surface area contributed by atoms with Gasteiger partial charge in [0.05, 0.1) is 12.4 Å². The molecule has 0 saturated carbocycles. The molecule has 5 heteroatoms. The Labute approximate surface area is 201 Å². The van der Waals surface area contributed by atoms with E-state index in [1.165, 1.54) is 17.7 Å². The molecule has 0 atom stereocenters. The SMILES string of the molecule is Cc1cc(F)c2c(oc3cc(F)ccc32)c1-c1n(-c2ccccc2C(C)C)c2ccccc2[n+]1C. The van der Waals surface area contributed by atoms with Gasteiger partial charge in [0.25, 0.3) is 5.82 Å². The molecule has 0 saturated heterocycles. The molecule has 174 valence electrons. The number of fused-ring (bicyclic) bond motifs is 4. The first kappa shape index (κ1) is 21.5. The molecule has 0 aliphatic rings. The third kappa shape index (κ3) is 3.11. The highest BCUT2D eigenvalue weighted by molar-refractivity contribution is 6.10. The fourth-order valence-electron chi connectivity index (χ4n) is 5.29. The smallest absolute Gasteiger partial charge is 0.298 e. The van der Waals surface area contributed by atoms with Crippen molar-refractivity contribution in [2.24, 2.45) is 7.05 Å². The van der Waals surface area contributed by atoms with E-state index < -0.39 is 5.82 Å². The molecule has 6 rings (SSSR count). The van der Waals surface area contributed by atoms with Crippen LogP contribution < -0.4 is 4.57 Å². The second-order valence-corrected chi connectivity index (χ2v) is 9.42. The Hall–Kier alpha value is -3.99. The fraction of sp³-hybridized carbons (Fsp3) is 0.167. The zero-order chi connectivity index (χ0) is 24.4. The van der Waals surface area contributed by atoms with Crippen LogP contribution in [-0.2, 0) is 7.05 Å². The Kier molecular flexibility index (Phi) is 4.78. The van der Waals surface area contributed by atoms with Crippen molar-refractivity contribution >= 4 is 33.0 Å². The highest BCUT2D eigenvalue weighted by Crippen LogP contribution is 2.41. The number of aryl methyl sites for hydroxylation is 2. The van der Waals surface area contributed by atoms with E-state index in [0.717, 1.165) is 33.7 Å². The summed E-state index contributed by atoms with van der Waals surface area (Å²) in [5.41, 5.74) is 6.64. The topological polar surface area (TPSA) is 21.9 Å². The number of benzene rings is 4. The third-order valence-electron chi connectivity index (χ3n) is 6.89. The zero-order valence-corrected chi connectivity index (χ0v) is 20.1. The lowest BCUT2D eigenvalue weighted by Gasteiger charge is -2.13. The number of hydrogen-bond donors (Lipinski definition) is 0. The van der Waals surface area contributed by atoms with E-state index in [4.69, 9.17) is 4.42 Å². The van der Waals surface area contributed by atoms with Crippen molar-refractivity contribution in [2.75, 3.05) is 0 Å². The number of halogens is 2. The molecular formula is C30H25F2N2O+. The van der Waals surface area contributed by atoms with Crippen molar-refractivity contribution in [3.63, 3.8) is 0 Å². The van der Waals surface area contributed by atoms with Gasteiger partial charge in [-0.05, 0) is 54.8 Å². The molecule has 0 aliphatic carbocycles. The minimum absolute atomic E-state index is 0.300. The molecule has 0 fully saturated rings. The van der Waals surface area contributed by atoms with Gasteiger partial charge in [0.15, 0.2) is 16.6 Å². The molecule has 2 heterocycles. The van der Waals surface area contributed by atoms with Crippen LogP contribution >= 0.6 is 0 Å². The summed E-state index contributed by atoms with van der Waals surface area (Å²) in [7, 11) is 2.02. The summed E-state index contributed by atoms with van der Waals surface area (Å²) in [6.45, 7) is 6.25. The van der Waals surface area contributed by atoms with Gasteiger partial charge in [0.1, 0.15) is 28.5 Å². The maximum atomic E-state index is 15.3. The second-order valence-electron chi connectivity index (χ2n) is 9.42. The third-order valence-corrected chi connectivity index (χ3v) is 6.89. The highest BCUT2D eigenvalue weighted by Gasteiger charge is 2.32. The normalized spacial score (nSPS) is 12.0. The monoisotopic (exact) mass is 467 g/mol. The van der Waals surface area contributed by atoms with Gasteiger partial charge < -0.3 is 4.42 Å². The molecule has 6 aromatic rings. The summed E-state index contributed by atoms with van der Waals surface area (Å²) in [5.74, 6) is 0.385. The lowest BCUT2D eigenvalue weighted by atomic mass is 9.99. The van der Waals surface area contributed by atoms with Crippen LogP contribution in [0.3, 0.4) is 0 Å². The van der Waals surface area contributed by atoms with Crippen LogP contribution in [0.1, 0.15) is 30.9 Å². The molecule has 0 aliphatic heterocycles. The molecule has 2 aromatic heterocycles. The quantitative estimate of drug-likeness (QED) is 0.244. The van der Waals surface area contributed by atoms with Crippen molar-refractivity contribution in [1.29, 1.82) is 0 Å². The number of furan rings is 1. The molecule has 35 heavy (non-hydrogen) atoms. The molecule has 0 amide bonds. The van der Waals surface area contributed by atoms with Crippen LogP contribution in [0.25, 0.3) is 50.0 Å². The van der Waals surface area contributed by atoms with E-state index in [2.05, 4.69) is 53.3 Å². The summed E-state index contributed by atoms with van der Waals surface area (Å²) in [6.07, 6.45) is 0. The first-order chi connectivity index (χ1) is 16.9. The summed E-state index contributed by atoms with van der Waals surface area (Å²) in [5, 5.41) is 0.933. The number of imidazole rings is 1. The summed E-state index contributed by atoms with van der Waals surface area (Å²) < 4.78 is 39.9. The zero-order valence-electron chi connectivity index (χ0n) is 20.1. The van der Waals surface area contributed by atoms with E-state index in [9.17, 15) is 4.39 Å². The number of para-hydroxylation sites is 3. The maximum Gasteiger partial charge on any atom is 0.298 e. The second kappa shape index (κ2) is 7.77. The van der Waals surface area contributed by atoms with E-state index in [1.54, 1.807) is 12.1 Å². The standard InChI is InChI=1S/C30H25F2N2O/c1-17(2)20-9-5-6-10-23(20)34-25-12-8-7-11-24(25)33(4)30(34)27-18(3)15-22(32)28-21-14-13-19(31)16-26(21)35-29(27)28/h5-17H,1-4H3/q+1. The number of nitrogens with zero attached hydrogens (tertiary/aromatic N) is 2. The van der Waals surface area contributed by atoms with Gasteiger partial charge in [-0.15, -0.1) is 0 Å². The highest BCUT2D eigenvalue weighted by atomic mass is 19.1. The molecule has 0 N–H and O–H groups in total. The number of aromatic nitrogens is 2. The predicted molar refractivity (Wildman–Crippen MR) is 136 cm³/mol. The van der Waals surface area contributed by atoms with E-state index in [0.29, 0.717) is 27.9 Å². The molecule has 0 bridgehead atoms. The van der Waals surface area contributed by atoms with E-state index >= 15 is 4.39 Å². The lowest BCUT2D eigenvalue weighted by molar-refractivity contribution is -0.633. The molecule has 0 radical (unpaired) electrons. The van der Waals surface area contributed by atoms with Gasteiger partial charge in [-0.3, -0.25) is 0 Å². The van der Waals surface area contributed by atoms with Gasteiger partial charge in [-0.25, -0.2) is 13.3 Å².